The molecule has 2 atom stereocenters. The summed E-state index contributed by atoms with van der Waals surface area (Å²) >= 11 is 11.7. The smallest absolute Gasteiger partial charge is 0.458 e. The fourth-order valence-corrected chi connectivity index (χ4v) is 3.48. The molecule has 32 heavy (non-hydrogen) atoms. The Morgan fingerprint density at radius 1 is 1.16 bits per heavy atom. The van der Waals surface area contributed by atoms with E-state index in [0.29, 0.717) is 0 Å². The molecule has 0 unspecified atom stereocenters. The number of rotatable bonds is 5. The highest BCUT2D eigenvalue weighted by Gasteiger charge is 2.75. The van der Waals surface area contributed by atoms with Gasteiger partial charge in [-0.25, -0.2) is 0 Å². The van der Waals surface area contributed by atoms with E-state index >= 15 is 0 Å². The standard InChI is InChI=1S/C20H15Cl2F5N2O3/c1-11(32-16-8-7-13(21)9-14(16)22)17(30)29-18(31,19(23,24)20(25,26)27)10-15(28-29)12-5-3-2-4-6-12/h2-9,11,31H,10H2,1H3/t11-,18-/m0/s1. The Balaban J connectivity index is 1.99. The molecule has 0 radical (unpaired) electrons. The van der Waals surface area contributed by atoms with Crippen LogP contribution in [0.15, 0.2) is 53.6 Å². The maximum Gasteiger partial charge on any atom is 0.458 e. The van der Waals surface area contributed by atoms with E-state index in [2.05, 4.69) is 5.10 Å². The molecule has 3 rings (SSSR count). The highest BCUT2D eigenvalue weighted by molar-refractivity contribution is 6.35. The molecule has 0 saturated heterocycles. The summed E-state index contributed by atoms with van der Waals surface area (Å²) in [5.41, 5.74) is -4.18. The monoisotopic (exact) mass is 496 g/mol. The second-order valence-corrected chi connectivity index (χ2v) is 7.81. The summed E-state index contributed by atoms with van der Waals surface area (Å²) in [7, 11) is 0. The van der Waals surface area contributed by atoms with Crippen LogP contribution in [-0.4, -0.2) is 45.7 Å². The van der Waals surface area contributed by atoms with Gasteiger partial charge in [0.2, 0.25) is 5.72 Å². The van der Waals surface area contributed by atoms with E-state index in [1.165, 1.54) is 42.5 Å². The molecule has 1 N–H and O–H groups in total. The Kier molecular flexibility index (Phi) is 6.43. The van der Waals surface area contributed by atoms with Gasteiger partial charge in [-0.05, 0) is 30.7 Å². The van der Waals surface area contributed by atoms with E-state index in [1.54, 1.807) is 6.07 Å². The molecule has 0 aliphatic carbocycles. The highest BCUT2D eigenvalue weighted by atomic mass is 35.5. The number of carbonyl (C=O) groups excluding carboxylic acids is 1. The Labute approximate surface area is 189 Å². The van der Waals surface area contributed by atoms with Crippen molar-refractivity contribution >= 4 is 34.8 Å². The quantitative estimate of drug-likeness (QED) is 0.572. The Hall–Kier alpha value is -2.43. The zero-order valence-corrected chi connectivity index (χ0v) is 17.7. The molecule has 1 heterocycles. The summed E-state index contributed by atoms with van der Waals surface area (Å²) in [5.74, 6) is -7.21. The van der Waals surface area contributed by atoms with Crippen LogP contribution in [0.4, 0.5) is 22.0 Å². The third kappa shape index (κ3) is 4.26. The Bertz CT molecular complexity index is 1050. The molecular weight excluding hydrogens is 482 g/mol. The fourth-order valence-electron chi connectivity index (χ4n) is 3.02. The number of ether oxygens (including phenoxy) is 1. The van der Waals surface area contributed by atoms with Crippen LogP contribution in [0.25, 0.3) is 0 Å². The first kappa shape index (κ1) is 24.2. The Morgan fingerprint density at radius 2 is 1.78 bits per heavy atom. The fraction of sp³-hybridized carbons (Fsp3) is 0.300. The second kappa shape index (κ2) is 8.49. The lowest BCUT2D eigenvalue weighted by atomic mass is 9.95. The molecule has 2 aromatic carbocycles. The van der Waals surface area contributed by atoms with Crippen LogP contribution in [0.3, 0.4) is 0 Å². The van der Waals surface area contributed by atoms with Crippen molar-refractivity contribution in [2.45, 2.75) is 37.3 Å². The molecule has 0 bridgehead atoms. The summed E-state index contributed by atoms with van der Waals surface area (Å²) in [4.78, 5) is 12.9. The van der Waals surface area contributed by atoms with Gasteiger partial charge in [-0.15, -0.1) is 0 Å². The van der Waals surface area contributed by atoms with E-state index < -0.39 is 36.3 Å². The molecular formula is C20H15Cl2F5N2O3. The van der Waals surface area contributed by atoms with Crippen LogP contribution < -0.4 is 4.74 Å². The number of hydrogen-bond donors (Lipinski definition) is 1. The van der Waals surface area contributed by atoms with Gasteiger partial charge < -0.3 is 9.84 Å². The van der Waals surface area contributed by atoms with Gasteiger partial charge in [-0.2, -0.15) is 32.1 Å². The number of amides is 1. The average molecular weight is 497 g/mol. The number of carbonyl (C=O) groups is 1. The first-order valence-electron chi connectivity index (χ1n) is 9.03. The minimum absolute atomic E-state index is 0.0251. The van der Waals surface area contributed by atoms with Crippen LogP contribution in [0.2, 0.25) is 10.0 Å². The highest BCUT2D eigenvalue weighted by Crippen LogP contribution is 2.49. The summed E-state index contributed by atoms with van der Waals surface area (Å²) in [6, 6.07) is 11.3. The summed E-state index contributed by atoms with van der Waals surface area (Å²) < 4.78 is 73.6. The van der Waals surface area contributed by atoms with Crippen molar-refractivity contribution in [2.75, 3.05) is 0 Å². The second-order valence-electron chi connectivity index (χ2n) is 6.96. The van der Waals surface area contributed by atoms with Gasteiger partial charge in [-0.1, -0.05) is 53.5 Å². The summed E-state index contributed by atoms with van der Waals surface area (Å²) in [6.07, 6.45) is -9.06. The molecule has 0 spiro atoms. The summed E-state index contributed by atoms with van der Waals surface area (Å²) in [5, 5.41) is 14.1. The molecule has 1 aliphatic heterocycles. The largest absolute Gasteiger partial charge is 0.479 e. The van der Waals surface area contributed by atoms with E-state index in [1.807, 2.05) is 0 Å². The van der Waals surface area contributed by atoms with Crippen molar-refractivity contribution in [1.82, 2.24) is 5.01 Å². The maximum atomic E-state index is 14.4. The van der Waals surface area contributed by atoms with Gasteiger partial charge in [0.1, 0.15) is 5.75 Å². The van der Waals surface area contributed by atoms with E-state index in [4.69, 9.17) is 27.9 Å². The maximum absolute atomic E-state index is 14.4. The zero-order valence-electron chi connectivity index (χ0n) is 16.2. The SMILES string of the molecule is C[C@H](Oc1ccc(Cl)cc1Cl)C(=O)N1N=C(c2ccccc2)C[C@]1(O)C(F)(F)C(F)(F)F. The molecule has 172 valence electrons. The van der Waals surface area contributed by atoms with Crippen LogP contribution in [0.5, 0.6) is 5.75 Å². The molecule has 1 amide bonds. The average Bonchev–Trinajstić information content (AvgIpc) is 3.08. The molecule has 5 nitrogen and oxygen atoms in total. The van der Waals surface area contributed by atoms with E-state index in [0.717, 1.165) is 6.92 Å². The number of alkyl halides is 5. The van der Waals surface area contributed by atoms with E-state index in [9.17, 15) is 31.9 Å². The molecule has 12 heteroatoms. The molecule has 0 saturated carbocycles. The van der Waals surface area contributed by atoms with Crippen LogP contribution in [-0.2, 0) is 4.79 Å². The van der Waals surface area contributed by atoms with Crippen molar-refractivity contribution < 1.29 is 36.6 Å². The number of benzene rings is 2. The van der Waals surface area contributed by atoms with Gasteiger partial charge in [-0.3, -0.25) is 4.79 Å². The first-order chi connectivity index (χ1) is 14.8. The van der Waals surface area contributed by atoms with Gasteiger partial charge in [0.25, 0.3) is 5.91 Å². The van der Waals surface area contributed by atoms with Crippen LogP contribution in [0.1, 0.15) is 18.9 Å². The zero-order chi connectivity index (χ0) is 23.9. The number of halogens is 7. The number of nitrogens with zero attached hydrogens (tertiary/aromatic N) is 2. The lowest BCUT2D eigenvalue weighted by Crippen LogP contribution is -2.65. The van der Waals surface area contributed by atoms with Crippen molar-refractivity contribution in [3.8, 4) is 5.75 Å². The third-order valence-corrected chi connectivity index (χ3v) is 5.24. The van der Waals surface area contributed by atoms with Gasteiger partial charge in [0.05, 0.1) is 10.7 Å². The van der Waals surface area contributed by atoms with Gasteiger partial charge in [0.15, 0.2) is 6.10 Å². The lowest BCUT2D eigenvalue weighted by Gasteiger charge is -2.38. The number of aliphatic hydroxyl groups is 1. The third-order valence-electron chi connectivity index (χ3n) is 4.71. The minimum Gasteiger partial charge on any atom is -0.479 e. The molecule has 2 aromatic rings. The van der Waals surface area contributed by atoms with Crippen LogP contribution in [0, 0.1) is 0 Å². The Morgan fingerprint density at radius 3 is 2.34 bits per heavy atom. The molecule has 0 aromatic heterocycles. The van der Waals surface area contributed by atoms with E-state index in [-0.39, 0.29) is 32.1 Å². The van der Waals surface area contributed by atoms with Crippen molar-refractivity contribution in [3.63, 3.8) is 0 Å². The normalized spacial score (nSPS) is 20.2. The summed E-state index contributed by atoms with van der Waals surface area (Å²) in [6.45, 7) is 1.09. The number of hydrogen-bond acceptors (Lipinski definition) is 4. The molecule has 1 aliphatic rings. The van der Waals surface area contributed by atoms with Gasteiger partial charge in [0, 0.05) is 11.4 Å². The van der Waals surface area contributed by atoms with Gasteiger partial charge >= 0.3 is 12.1 Å². The topological polar surface area (TPSA) is 62.1 Å². The van der Waals surface area contributed by atoms with Crippen LogP contribution >= 0.6 is 23.2 Å². The predicted molar refractivity (Wildman–Crippen MR) is 107 cm³/mol. The van der Waals surface area contributed by atoms with Crippen molar-refractivity contribution in [1.29, 1.82) is 0 Å². The molecule has 0 fully saturated rings. The minimum atomic E-state index is -6.16. The number of hydrazone groups is 1. The van der Waals surface area contributed by atoms with Crippen molar-refractivity contribution in [2.24, 2.45) is 5.10 Å². The predicted octanol–water partition coefficient (Wildman–Crippen LogP) is 5.28. The lowest BCUT2D eigenvalue weighted by molar-refractivity contribution is -0.364. The first-order valence-corrected chi connectivity index (χ1v) is 9.79. The van der Waals surface area contributed by atoms with Crippen molar-refractivity contribution in [3.05, 3.63) is 64.1 Å².